The van der Waals surface area contributed by atoms with Gasteiger partial charge in [0.15, 0.2) is 0 Å². The highest BCUT2D eigenvalue weighted by molar-refractivity contribution is 7.92. The first-order chi connectivity index (χ1) is 19.2. The summed E-state index contributed by atoms with van der Waals surface area (Å²) in [4.78, 5) is 29.8. The Labute approximate surface area is 247 Å². The van der Waals surface area contributed by atoms with E-state index in [1.165, 1.54) is 37.5 Å². The van der Waals surface area contributed by atoms with Crippen molar-refractivity contribution in [3.05, 3.63) is 69.0 Å². The maximum atomic E-state index is 13.3. The molecular formula is C27H29Cl2N5O4S2. The van der Waals surface area contributed by atoms with Gasteiger partial charge in [-0.1, -0.05) is 29.6 Å². The first-order valence-corrected chi connectivity index (χ1v) is 16.0. The van der Waals surface area contributed by atoms with Gasteiger partial charge in [-0.05, 0) is 86.4 Å². The fraction of sp³-hybridized carbons (Fsp3) is 0.333. The predicted octanol–water partition coefficient (Wildman–Crippen LogP) is 5.67. The van der Waals surface area contributed by atoms with Crippen molar-refractivity contribution in [3.63, 3.8) is 0 Å². The Morgan fingerprint density at radius 3 is 2.45 bits per heavy atom. The lowest BCUT2D eigenvalue weighted by atomic mass is 9.97. The van der Waals surface area contributed by atoms with Gasteiger partial charge >= 0.3 is 6.03 Å². The SMILES string of the molecule is O=C(Nc1ccc(N2CCc3cc(NCCN4CCCCC4)ccc3C2=O)c(Cl)c1)NS(=O)(=O)c1ccc(Cl)s1. The number of nitrogens with zero attached hydrogens (tertiary/aromatic N) is 2. The molecule has 13 heteroatoms. The second-order valence-corrected chi connectivity index (χ2v) is 13.7. The van der Waals surface area contributed by atoms with Crippen LogP contribution in [-0.2, 0) is 16.4 Å². The summed E-state index contributed by atoms with van der Waals surface area (Å²) in [5.74, 6) is -0.151. The maximum Gasteiger partial charge on any atom is 0.333 e. The van der Waals surface area contributed by atoms with Crippen LogP contribution in [0.4, 0.5) is 21.9 Å². The summed E-state index contributed by atoms with van der Waals surface area (Å²) in [7, 11) is -4.06. The minimum atomic E-state index is -4.06. The molecule has 0 atom stereocenters. The molecule has 40 heavy (non-hydrogen) atoms. The van der Waals surface area contributed by atoms with E-state index >= 15 is 0 Å². The van der Waals surface area contributed by atoms with Crippen molar-refractivity contribution in [1.82, 2.24) is 9.62 Å². The van der Waals surface area contributed by atoms with Gasteiger partial charge in [0.1, 0.15) is 4.21 Å². The Bertz CT molecular complexity index is 1520. The number of hydrogen-bond acceptors (Lipinski definition) is 7. The average Bonchev–Trinajstić information content (AvgIpc) is 3.37. The summed E-state index contributed by atoms with van der Waals surface area (Å²) in [6, 6.07) is 12.3. The highest BCUT2D eigenvalue weighted by Crippen LogP contribution is 2.33. The van der Waals surface area contributed by atoms with E-state index in [0.29, 0.717) is 28.6 Å². The Balaban J connectivity index is 1.20. The van der Waals surface area contributed by atoms with E-state index in [-0.39, 0.29) is 20.8 Å². The van der Waals surface area contributed by atoms with E-state index in [4.69, 9.17) is 23.2 Å². The summed E-state index contributed by atoms with van der Waals surface area (Å²) < 4.78 is 26.9. The van der Waals surface area contributed by atoms with E-state index in [0.717, 1.165) is 48.8 Å². The van der Waals surface area contributed by atoms with Crippen molar-refractivity contribution in [2.75, 3.05) is 48.3 Å². The van der Waals surface area contributed by atoms with Crippen LogP contribution in [0, 0.1) is 0 Å². The fourth-order valence-corrected chi connectivity index (χ4v) is 7.62. The summed E-state index contributed by atoms with van der Waals surface area (Å²) in [5, 5.41) is 6.19. The number of likely N-dealkylation sites (tertiary alicyclic amines) is 1. The van der Waals surface area contributed by atoms with Gasteiger partial charge in [-0.2, -0.15) is 0 Å². The average molecular weight is 623 g/mol. The third-order valence-electron chi connectivity index (χ3n) is 6.93. The summed E-state index contributed by atoms with van der Waals surface area (Å²) >= 11 is 13.1. The van der Waals surface area contributed by atoms with Crippen molar-refractivity contribution < 1.29 is 18.0 Å². The summed E-state index contributed by atoms with van der Waals surface area (Å²) in [5.41, 5.74) is 3.41. The minimum Gasteiger partial charge on any atom is -0.384 e. The molecule has 3 aromatic rings. The van der Waals surface area contributed by atoms with Gasteiger partial charge in [-0.15, -0.1) is 11.3 Å². The lowest BCUT2D eigenvalue weighted by Crippen LogP contribution is -2.38. The van der Waals surface area contributed by atoms with Crippen molar-refractivity contribution in [2.45, 2.75) is 29.9 Å². The number of sulfonamides is 1. The normalized spacial score (nSPS) is 15.9. The molecule has 0 saturated carbocycles. The number of hydrogen-bond donors (Lipinski definition) is 3. The van der Waals surface area contributed by atoms with Crippen LogP contribution in [0.15, 0.2) is 52.7 Å². The van der Waals surface area contributed by atoms with Crippen LogP contribution in [0.3, 0.4) is 0 Å². The van der Waals surface area contributed by atoms with Gasteiger partial charge in [-0.3, -0.25) is 4.79 Å². The zero-order chi connectivity index (χ0) is 28.3. The molecule has 1 saturated heterocycles. The number of anilines is 3. The van der Waals surface area contributed by atoms with Crippen LogP contribution in [0.2, 0.25) is 9.36 Å². The van der Waals surface area contributed by atoms with Crippen LogP contribution in [0.1, 0.15) is 35.2 Å². The van der Waals surface area contributed by atoms with E-state index in [1.54, 1.807) is 17.0 Å². The number of benzene rings is 2. The lowest BCUT2D eigenvalue weighted by molar-refractivity contribution is 0.0980. The number of halogens is 2. The monoisotopic (exact) mass is 621 g/mol. The zero-order valence-electron chi connectivity index (χ0n) is 21.6. The van der Waals surface area contributed by atoms with Gasteiger partial charge < -0.3 is 20.4 Å². The number of carbonyl (C=O) groups excluding carboxylic acids is 2. The molecule has 2 aromatic carbocycles. The van der Waals surface area contributed by atoms with Gasteiger partial charge in [0.05, 0.1) is 15.0 Å². The number of piperidine rings is 1. The van der Waals surface area contributed by atoms with E-state index < -0.39 is 16.1 Å². The van der Waals surface area contributed by atoms with Gasteiger partial charge in [-0.25, -0.2) is 17.9 Å². The zero-order valence-corrected chi connectivity index (χ0v) is 24.7. The molecule has 0 bridgehead atoms. The number of rotatable bonds is 8. The molecule has 9 nitrogen and oxygen atoms in total. The standard InChI is InChI=1S/C27H29Cl2N5O4S2/c28-22-17-20(31-27(36)32-40(37,38)25-9-8-24(29)39-25)5-7-23(22)34-14-10-18-16-19(4-6-21(18)26(34)35)30-11-15-33-12-2-1-3-13-33/h4-9,16-17,30H,1-3,10-15H2,(H2,31,32,36). The fourth-order valence-electron chi connectivity index (χ4n) is 4.94. The van der Waals surface area contributed by atoms with Crippen molar-refractivity contribution >= 4 is 73.6 Å². The molecule has 5 rings (SSSR count). The Morgan fingerprint density at radius 2 is 1.73 bits per heavy atom. The van der Waals surface area contributed by atoms with Crippen LogP contribution in [-0.4, -0.2) is 58.0 Å². The smallest absolute Gasteiger partial charge is 0.333 e. The van der Waals surface area contributed by atoms with E-state index in [1.807, 2.05) is 22.9 Å². The Kier molecular flexibility index (Phi) is 8.86. The highest BCUT2D eigenvalue weighted by Gasteiger charge is 2.27. The molecule has 2 aliphatic heterocycles. The van der Waals surface area contributed by atoms with Crippen LogP contribution in [0.25, 0.3) is 0 Å². The van der Waals surface area contributed by atoms with Crippen LogP contribution >= 0.6 is 34.5 Å². The molecule has 0 unspecified atom stereocenters. The third kappa shape index (κ3) is 6.72. The molecule has 1 fully saturated rings. The molecule has 2 aliphatic rings. The molecule has 3 N–H and O–H groups in total. The molecule has 3 amide bonds. The first kappa shape index (κ1) is 28.7. The second-order valence-electron chi connectivity index (χ2n) is 9.69. The number of urea groups is 1. The maximum absolute atomic E-state index is 13.3. The first-order valence-electron chi connectivity index (χ1n) is 13.0. The quantitative estimate of drug-likeness (QED) is 0.299. The van der Waals surface area contributed by atoms with Crippen molar-refractivity contribution in [3.8, 4) is 0 Å². The number of fused-ring (bicyclic) bond motifs is 1. The van der Waals surface area contributed by atoms with Crippen LogP contribution in [0.5, 0.6) is 0 Å². The van der Waals surface area contributed by atoms with Crippen molar-refractivity contribution in [2.24, 2.45) is 0 Å². The number of carbonyl (C=O) groups is 2. The van der Waals surface area contributed by atoms with Crippen LogP contribution < -0.4 is 20.3 Å². The largest absolute Gasteiger partial charge is 0.384 e. The molecule has 3 heterocycles. The second kappa shape index (κ2) is 12.4. The number of amides is 3. The molecule has 0 aliphatic carbocycles. The minimum absolute atomic E-state index is 0.0784. The predicted molar refractivity (Wildman–Crippen MR) is 161 cm³/mol. The molecule has 212 valence electrons. The number of thiophene rings is 1. The van der Waals surface area contributed by atoms with Crippen molar-refractivity contribution in [1.29, 1.82) is 0 Å². The van der Waals surface area contributed by atoms with Gasteiger partial charge in [0.2, 0.25) is 0 Å². The van der Waals surface area contributed by atoms with E-state index in [2.05, 4.69) is 15.5 Å². The Morgan fingerprint density at radius 1 is 0.950 bits per heavy atom. The molecule has 0 spiro atoms. The number of nitrogens with one attached hydrogen (secondary N) is 3. The van der Waals surface area contributed by atoms with Gasteiger partial charge in [0.25, 0.3) is 15.9 Å². The third-order valence-corrected chi connectivity index (χ3v) is 10.3. The van der Waals surface area contributed by atoms with E-state index in [9.17, 15) is 18.0 Å². The Hall–Kier alpha value is -2.83. The summed E-state index contributed by atoms with van der Waals surface area (Å²) in [6.07, 6.45) is 4.53. The topological polar surface area (TPSA) is 111 Å². The van der Waals surface area contributed by atoms with Gasteiger partial charge in [0, 0.05) is 36.6 Å². The molecule has 1 aromatic heterocycles. The summed E-state index contributed by atoms with van der Waals surface area (Å²) in [6.45, 7) is 4.65. The lowest BCUT2D eigenvalue weighted by Gasteiger charge is -2.30. The molecular weight excluding hydrogens is 593 g/mol. The highest BCUT2D eigenvalue weighted by atomic mass is 35.5. The molecule has 0 radical (unpaired) electrons.